The molecule has 28 heavy (non-hydrogen) atoms. The fraction of sp³-hybridized carbons (Fsp3) is 0.176. The van der Waals surface area contributed by atoms with Gasteiger partial charge in [-0.15, -0.1) is 0 Å². The van der Waals surface area contributed by atoms with Crippen LogP contribution in [0.1, 0.15) is 27.0 Å². The Morgan fingerprint density at radius 1 is 1.00 bits per heavy atom. The van der Waals surface area contributed by atoms with Crippen molar-refractivity contribution in [2.45, 2.75) is 29.1 Å². The van der Waals surface area contributed by atoms with Crippen molar-refractivity contribution in [3.8, 4) is 0 Å². The number of aliphatic imine (C=N–C) groups is 1. The highest BCUT2D eigenvalue weighted by Gasteiger charge is 2.35. The molecule has 0 atom stereocenters. The molecule has 0 aliphatic rings. The summed E-state index contributed by atoms with van der Waals surface area (Å²) in [6.45, 7) is 1.37. The Morgan fingerprint density at radius 2 is 1.64 bits per heavy atom. The molecule has 0 radical (unpaired) electrons. The molecule has 0 aromatic heterocycles. The molecule has 0 bridgehead atoms. The Morgan fingerprint density at radius 3 is 2.18 bits per heavy atom. The number of rotatable bonds is 3. The van der Waals surface area contributed by atoms with Crippen molar-refractivity contribution in [1.82, 2.24) is 0 Å². The zero-order valence-corrected chi connectivity index (χ0v) is 15.0. The number of benzene rings is 2. The predicted octanol–water partition coefficient (Wildman–Crippen LogP) is 4.60. The quantitative estimate of drug-likeness (QED) is 0.431. The first-order chi connectivity index (χ1) is 12.8. The first-order valence-electron chi connectivity index (χ1n) is 7.50. The largest absolute Gasteiger partial charge is 0.417 e. The first kappa shape index (κ1) is 21.6. The van der Waals surface area contributed by atoms with E-state index in [1.165, 1.54) is 13.0 Å². The Hall–Kier alpha value is -2.69. The maximum absolute atomic E-state index is 13.5. The number of carbonyl (C=O) groups excluding carboxylic acids is 1. The average Bonchev–Trinajstić information content (AvgIpc) is 2.52. The van der Waals surface area contributed by atoms with E-state index in [-0.39, 0.29) is 20.9 Å². The summed E-state index contributed by atoms with van der Waals surface area (Å²) in [6.07, 6.45) is -9.49. The summed E-state index contributed by atoms with van der Waals surface area (Å²) in [7, 11) is 0. The van der Waals surface area contributed by atoms with Gasteiger partial charge in [-0.2, -0.15) is 31.3 Å². The van der Waals surface area contributed by atoms with Gasteiger partial charge < -0.3 is 11.5 Å². The highest BCUT2D eigenvalue weighted by Crippen LogP contribution is 2.42. The van der Waals surface area contributed by atoms with Crippen LogP contribution < -0.4 is 11.5 Å². The second-order valence-electron chi connectivity index (χ2n) is 5.63. The van der Waals surface area contributed by atoms with Crippen LogP contribution >= 0.6 is 11.8 Å². The number of hydrogen-bond donors (Lipinski definition) is 2. The van der Waals surface area contributed by atoms with Crippen LogP contribution in [-0.2, 0) is 12.4 Å². The smallest absolute Gasteiger partial charge is 0.370 e. The molecule has 11 heteroatoms. The SMILES string of the molecule is Cc1cc(Sc2cccc(C(F)(F)F)c2)c(C(F)(F)F)cc1C(=O)N=C(N)N. The number of aryl methyl sites for hydroxylation is 1. The van der Waals surface area contributed by atoms with Crippen LogP contribution in [0, 0.1) is 6.92 Å². The lowest BCUT2D eigenvalue weighted by Gasteiger charge is -2.16. The highest BCUT2D eigenvalue weighted by molar-refractivity contribution is 7.99. The second-order valence-corrected chi connectivity index (χ2v) is 6.75. The maximum atomic E-state index is 13.5. The molecule has 0 fully saturated rings. The van der Waals surface area contributed by atoms with Gasteiger partial charge in [0.1, 0.15) is 0 Å². The van der Waals surface area contributed by atoms with Gasteiger partial charge in [0, 0.05) is 15.4 Å². The van der Waals surface area contributed by atoms with Crippen molar-refractivity contribution < 1.29 is 31.1 Å². The van der Waals surface area contributed by atoms with Crippen LogP contribution in [-0.4, -0.2) is 11.9 Å². The van der Waals surface area contributed by atoms with Gasteiger partial charge in [0.15, 0.2) is 5.96 Å². The topological polar surface area (TPSA) is 81.5 Å². The number of hydrogen-bond acceptors (Lipinski definition) is 2. The summed E-state index contributed by atoms with van der Waals surface area (Å²) in [5.74, 6) is -1.67. The highest BCUT2D eigenvalue weighted by atomic mass is 32.2. The number of nitrogens with two attached hydrogens (primary N) is 2. The number of guanidine groups is 1. The molecule has 0 aliphatic heterocycles. The summed E-state index contributed by atoms with van der Waals surface area (Å²) in [5.41, 5.74) is 7.75. The van der Waals surface area contributed by atoms with Crippen molar-refractivity contribution in [2.24, 2.45) is 16.5 Å². The number of carbonyl (C=O) groups is 1. The minimum Gasteiger partial charge on any atom is -0.370 e. The fourth-order valence-electron chi connectivity index (χ4n) is 2.26. The summed E-state index contributed by atoms with van der Waals surface area (Å²) < 4.78 is 78.9. The normalized spacial score (nSPS) is 12.0. The Kier molecular flexibility index (Phi) is 5.97. The standard InChI is InChI=1S/C17H13F6N3OS/c1-8-5-13(28-10-4-2-3-9(6-10)16(18,19)20)12(17(21,22)23)7-11(8)14(27)26-15(24)25/h2-7H,1H3,(H4,24,25,26,27). The average molecular weight is 421 g/mol. The molecule has 0 unspecified atom stereocenters. The van der Waals surface area contributed by atoms with E-state index in [1.807, 2.05) is 0 Å². The molecule has 4 nitrogen and oxygen atoms in total. The van der Waals surface area contributed by atoms with E-state index in [9.17, 15) is 31.1 Å². The van der Waals surface area contributed by atoms with Crippen molar-refractivity contribution >= 4 is 23.6 Å². The molecule has 0 saturated heterocycles. The van der Waals surface area contributed by atoms with Crippen molar-refractivity contribution in [3.63, 3.8) is 0 Å². The lowest BCUT2D eigenvalue weighted by atomic mass is 10.0. The van der Waals surface area contributed by atoms with E-state index in [0.29, 0.717) is 17.8 Å². The molecule has 0 spiro atoms. The minimum absolute atomic E-state index is 0.0389. The first-order valence-corrected chi connectivity index (χ1v) is 8.31. The molecule has 2 aromatic rings. The maximum Gasteiger partial charge on any atom is 0.417 e. The third-order valence-corrected chi connectivity index (χ3v) is 4.53. The van der Waals surface area contributed by atoms with Crippen LogP contribution in [0.4, 0.5) is 26.3 Å². The predicted molar refractivity (Wildman–Crippen MR) is 91.9 cm³/mol. The van der Waals surface area contributed by atoms with E-state index >= 15 is 0 Å². The summed E-state index contributed by atoms with van der Waals surface area (Å²) >= 11 is 0.503. The zero-order valence-electron chi connectivity index (χ0n) is 14.2. The van der Waals surface area contributed by atoms with E-state index < -0.39 is 35.3 Å². The molecule has 0 aliphatic carbocycles. The monoisotopic (exact) mass is 421 g/mol. The molecule has 0 saturated carbocycles. The number of nitrogens with zero attached hydrogens (tertiary/aromatic N) is 1. The van der Waals surface area contributed by atoms with Gasteiger partial charge in [-0.3, -0.25) is 4.79 Å². The molecule has 2 aromatic carbocycles. The van der Waals surface area contributed by atoms with Crippen molar-refractivity contribution in [2.75, 3.05) is 0 Å². The van der Waals surface area contributed by atoms with Crippen molar-refractivity contribution in [1.29, 1.82) is 0 Å². The van der Waals surface area contributed by atoms with Crippen LogP contribution in [0.15, 0.2) is 51.2 Å². The lowest BCUT2D eigenvalue weighted by Crippen LogP contribution is -2.24. The van der Waals surface area contributed by atoms with E-state index in [4.69, 9.17) is 11.5 Å². The van der Waals surface area contributed by atoms with Gasteiger partial charge in [0.2, 0.25) is 0 Å². The molecule has 2 rings (SSSR count). The molecule has 1 amide bonds. The van der Waals surface area contributed by atoms with Crippen molar-refractivity contribution in [3.05, 3.63) is 58.7 Å². The zero-order chi connectivity index (χ0) is 21.3. The van der Waals surface area contributed by atoms with E-state index in [0.717, 1.165) is 24.3 Å². The van der Waals surface area contributed by atoms with Gasteiger partial charge in [-0.05, 0) is 42.8 Å². The summed E-state index contributed by atoms with van der Waals surface area (Å²) in [5, 5.41) is 0. The number of alkyl halides is 6. The minimum atomic E-state index is -4.86. The van der Waals surface area contributed by atoms with Crippen LogP contribution in [0.25, 0.3) is 0 Å². The van der Waals surface area contributed by atoms with E-state index in [1.54, 1.807) is 0 Å². The molecular weight excluding hydrogens is 408 g/mol. The van der Waals surface area contributed by atoms with Gasteiger partial charge in [-0.25, -0.2) is 0 Å². The number of halogens is 6. The lowest BCUT2D eigenvalue weighted by molar-refractivity contribution is -0.140. The molecule has 0 heterocycles. The van der Waals surface area contributed by atoms with Crippen LogP contribution in [0.3, 0.4) is 0 Å². The molecular formula is C17H13F6N3OS. The van der Waals surface area contributed by atoms with Gasteiger partial charge in [-0.1, -0.05) is 17.8 Å². The van der Waals surface area contributed by atoms with E-state index in [2.05, 4.69) is 4.99 Å². The fourth-order valence-corrected chi connectivity index (χ4v) is 3.36. The third kappa shape index (κ3) is 5.18. The Bertz CT molecular complexity index is 933. The third-order valence-electron chi connectivity index (χ3n) is 3.48. The number of amides is 1. The second kappa shape index (κ2) is 7.74. The van der Waals surface area contributed by atoms with Gasteiger partial charge >= 0.3 is 12.4 Å². The Labute approximate surface area is 159 Å². The van der Waals surface area contributed by atoms with Gasteiger partial charge in [0.05, 0.1) is 11.1 Å². The molecule has 4 N–H and O–H groups in total. The summed E-state index contributed by atoms with van der Waals surface area (Å²) in [4.78, 5) is 14.8. The Balaban J connectivity index is 2.54. The van der Waals surface area contributed by atoms with Crippen LogP contribution in [0.2, 0.25) is 0 Å². The van der Waals surface area contributed by atoms with Gasteiger partial charge in [0.25, 0.3) is 5.91 Å². The summed E-state index contributed by atoms with van der Waals surface area (Å²) in [6, 6.07) is 5.56. The molecule has 150 valence electrons. The van der Waals surface area contributed by atoms with Crippen LogP contribution in [0.5, 0.6) is 0 Å².